The van der Waals surface area contributed by atoms with Gasteiger partial charge in [-0.3, -0.25) is 0 Å². The van der Waals surface area contributed by atoms with Gasteiger partial charge in [0.25, 0.3) is 6.43 Å². The maximum atomic E-state index is 12.2. The van der Waals surface area contributed by atoms with Crippen LogP contribution in [-0.4, -0.2) is 44.2 Å². The van der Waals surface area contributed by atoms with Crippen LogP contribution in [0.25, 0.3) is 0 Å². The lowest BCUT2D eigenvalue weighted by Gasteiger charge is -2.18. The van der Waals surface area contributed by atoms with Crippen molar-refractivity contribution in [1.29, 1.82) is 0 Å². The van der Waals surface area contributed by atoms with Gasteiger partial charge in [-0.05, 0) is 35.9 Å². The Morgan fingerprint density at radius 3 is 2.56 bits per heavy atom. The van der Waals surface area contributed by atoms with Crippen LogP contribution in [0.15, 0.2) is 48.5 Å². The monoisotopic (exact) mass is 398 g/mol. The average molecular weight is 399 g/mol. The molecule has 0 fully saturated rings. The molecule has 2 aromatic carbocycles. The van der Waals surface area contributed by atoms with Crippen LogP contribution in [0.1, 0.15) is 5.56 Å². The van der Waals surface area contributed by atoms with Crippen molar-refractivity contribution in [3.8, 4) is 11.5 Å². The summed E-state index contributed by atoms with van der Waals surface area (Å²) in [6.07, 6.45) is -2.53. The molecule has 0 aliphatic carbocycles. The first-order chi connectivity index (χ1) is 12.9. The SMILES string of the molecule is CN(CCOc1cccc(Cl)c1)C(=O)NCc1cccc(OCC(F)F)c1. The molecular formula is C19H21ClF2N2O3. The fourth-order valence-corrected chi connectivity index (χ4v) is 2.36. The van der Waals surface area contributed by atoms with E-state index in [-0.39, 0.29) is 12.6 Å². The van der Waals surface area contributed by atoms with E-state index in [9.17, 15) is 13.6 Å². The van der Waals surface area contributed by atoms with E-state index in [2.05, 4.69) is 5.32 Å². The van der Waals surface area contributed by atoms with Gasteiger partial charge in [0.1, 0.15) is 24.7 Å². The lowest BCUT2D eigenvalue weighted by molar-refractivity contribution is 0.0818. The normalized spacial score (nSPS) is 10.6. The molecule has 27 heavy (non-hydrogen) atoms. The van der Waals surface area contributed by atoms with E-state index in [4.69, 9.17) is 21.1 Å². The number of benzene rings is 2. The van der Waals surface area contributed by atoms with Gasteiger partial charge in [-0.2, -0.15) is 0 Å². The maximum absolute atomic E-state index is 12.2. The predicted octanol–water partition coefficient (Wildman–Crippen LogP) is 4.20. The fraction of sp³-hybridized carbons (Fsp3) is 0.316. The number of alkyl halides is 2. The van der Waals surface area contributed by atoms with Gasteiger partial charge in [0.15, 0.2) is 0 Å². The Morgan fingerprint density at radius 2 is 1.85 bits per heavy atom. The molecule has 0 unspecified atom stereocenters. The summed E-state index contributed by atoms with van der Waals surface area (Å²) in [5.74, 6) is 0.974. The summed E-state index contributed by atoms with van der Waals surface area (Å²) in [7, 11) is 1.65. The Labute approximate surface area is 161 Å². The lowest BCUT2D eigenvalue weighted by atomic mass is 10.2. The van der Waals surface area contributed by atoms with Crippen molar-refractivity contribution in [1.82, 2.24) is 10.2 Å². The first kappa shape index (κ1) is 20.8. The van der Waals surface area contributed by atoms with E-state index in [1.165, 1.54) is 4.90 Å². The molecule has 0 saturated heterocycles. The Balaban J connectivity index is 1.73. The highest BCUT2D eigenvalue weighted by Gasteiger charge is 2.09. The number of nitrogens with one attached hydrogen (secondary N) is 1. The molecule has 2 aromatic rings. The summed E-state index contributed by atoms with van der Waals surface area (Å²) in [5.41, 5.74) is 0.749. The third-order valence-corrected chi connectivity index (χ3v) is 3.79. The molecule has 2 amide bonds. The fourth-order valence-electron chi connectivity index (χ4n) is 2.18. The van der Waals surface area contributed by atoms with Crippen LogP contribution in [0.4, 0.5) is 13.6 Å². The van der Waals surface area contributed by atoms with Gasteiger partial charge < -0.3 is 19.7 Å². The van der Waals surface area contributed by atoms with E-state index >= 15 is 0 Å². The van der Waals surface area contributed by atoms with Crippen LogP contribution in [0.5, 0.6) is 11.5 Å². The van der Waals surface area contributed by atoms with Gasteiger partial charge in [0, 0.05) is 18.6 Å². The highest BCUT2D eigenvalue weighted by atomic mass is 35.5. The number of hydrogen-bond acceptors (Lipinski definition) is 3. The van der Waals surface area contributed by atoms with Crippen LogP contribution in [-0.2, 0) is 6.54 Å². The molecule has 0 aromatic heterocycles. The van der Waals surface area contributed by atoms with Gasteiger partial charge in [0.05, 0.1) is 6.54 Å². The molecule has 2 rings (SSSR count). The first-order valence-corrected chi connectivity index (χ1v) is 8.69. The molecule has 0 aliphatic heterocycles. The van der Waals surface area contributed by atoms with Gasteiger partial charge in [-0.15, -0.1) is 0 Å². The number of hydrogen-bond donors (Lipinski definition) is 1. The Hall–Kier alpha value is -2.54. The summed E-state index contributed by atoms with van der Waals surface area (Å²) in [5, 5.41) is 3.34. The molecule has 8 heteroatoms. The molecule has 0 aliphatic rings. The molecule has 1 N–H and O–H groups in total. The third-order valence-electron chi connectivity index (χ3n) is 3.56. The molecule has 146 valence electrons. The average Bonchev–Trinajstić information content (AvgIpc) is 2.64. The Bertz CT molecular complexity index is 746. The van der Waals surface area contributed by atoms with E-state index in [1.807, 2.05) is 0 Å². The minimum absolute atomic E-state index is 0.254. The second-order valence-electron chi connectivity index (χ2n) is 5.74. The number of halogens is 3. The van der Waals surface area contributed by atoms with Crippen LogP contribution in [0, 0.1) is 0 Å². The molecule has 0 heterocycles. The van der Waals surface area contributed by atoms with Crippen molar-refractivity contribution in [3.05, 3.63) is 59.1 Å². The predicted molar refractivity (Wildman–Crippen MR) is 99.8 cm³/mol. The highest BCUT2D eigenvalue weighted by molar-refractivity contribution is 6.30. The number of likely N-dealkylation sites (N-methyl/N-ethyl adjacent to an activating group) is 1. The lowest BCUT2D eigenvalue weighted by Crippen LogP contribution is -2.39. The van der Waals surface area contributed by atoms with Crippen molar-refractivity contribution in [2.75, 3.05) is 26.8 Å². The maximum Gasteiger partial charge on any atom is 0.317 e. The highest BCUT2D eigenvalue weighted by Crippen LogP contribution is 2.17. The van der Waals surface area contributed by atoms with E-state index in [1.54, 1.807) is 55.6 Å². The van der Waals surface area contributed by atoms with Crippen molar-refractivity contribution >= 4 is 17.6 Å². The summed E-state index contributed by atoms with van der Waals surface area (Å²) in [6.45, 7) is 0.298. The van der Waals surface area contributed by atoms with Crippen LogP contribution < -0.4 is 14.8 Å². The third kappa shape index (κ3) is 7.70. The summed E-state index contributed by atoms with van der Waals surface area (Å²) in [6, 6.07) is 13.4. The molecular weight excluding hydrogens is 378 g/mol. The summed E-state index contributed by atoms with van der Waals surface area (Å²) < 4.78 is 34.9. The van der Waals surface area contributed by atoms with Gasteiger partial charge in [-0.25, -0.2) is 13.6 Å². The molecule has 0 radical (unpaired) electrons. The summed E-state index contributed by atoms with van der Waals surface area (Å²) >= 11 is 5.88. The van der Waals surface area contributed by atoms with Crippen molar-refractivity contribution < 1.29 is 23.0 Å². The number of carbonyl (C=O) groups is 1. The van der Waals surface area contributed by atoms with Crippen LogP contribution in [0.3, 0.4) is 0 Å². The van der Waals surface area contributed by atoms with Crippen LogP contribution in [0.2, 0.25) is 5.02 Å². The number of amides is 2. The second kappa shape index (κ2) is 10.6. The molecule has 0 atom stereocenters. The van der Waals surface area contributed by atoms with E-state index < -0.39 is 13.0 Å². The number of rotatable bonds is 9. The number of carbonyl (C=O) groups excluding carboxylic acids is 1. The van der Waals surface area contributed by atoms with Crippen LogP contribution >= 0.6 is 11.6 Å². The van der Waals surface area contributed by atoms with Crippen molar-refractivity contribution in [3.63, 3.8) is 0 Å². The quantitative estimate of drug-likeness (QED) is 0.688. The Morgan fingerprint density at radius 1 is 1.15 bits per heavy atom. The smallest absolute Gasteiger partial charge is 0.317 e. The zero-order chi connectivity index (χ0) is 19.6. The van der Waals surface area contributed by atoms with Crippen molar-refractivity contribution in [2.24, 2.45) is 0 Å². The topological polar surface area (TPSA) is 50.8 Å². The van der Waals surface area contributed by atoms with E-state index in [0.717, 1.165) is 5.56 Å². The zero-order valence-electron chi connectivity index (χ0n) is 14.8. The van der Waals surface area contributed by atoms with Gasteiger partial charge in [0.2, 0.25) is 0 Å². The minimum Gasteiger partial charge on any atom is -0.492 e. The first-order valence-electron chi connectivity index (χ1n) is 8.31. The molecule has 5 nitrogen and oxygen atoms in total. The van der Waals surface area contributed by atoms with E-state index in [0.29, 0.717) is 29.7 Å². The second-order valence-corrected chi connectivity index (χ2v) is 6.17. The molecule has 0 spiro atoms. The Kier molecular flexibility index (Phi) is 8.13. The largest absolute Gasteiger partial charge is 0.492 e. The van der Waals surface area contributed by atoms with Gasteiger partial charge >= 0.3 is 6.03 Å². The number of ether oxygens (including phenoxy) is 2. The zero-order valence-corrected chi connectivity index (χ0v) is 15.6. The van der Waals surface area contributed by atoms with Gasteiger partial charge in [-0.1, -0.05) is 29.8 Å². The number of urea groups is 1. The van der Waals surface area contributed by atoms with Crippen molar-refractivity contribution in [2.45, 2.75) is 13.0 Å². The molecule has 0 saturated carbocycles. The molecule has 0 bridgehead atoms. The standard InChI is InChI=1S/C19H21ClF2N2O3/c1-24(8-9-26-17-7-3-5-15(20)11-17)19(25)23-12-14-4-2-6-16(10-14)27-13-18(21)22/h2-7,10-11,18H,8-9,12-13H2,1H3,(H,23,25). The minimum atomic E-state index is -2.53. The number of nitrogens with zero attached hydrogens (tertiary/aromatic N) is 1. The summed E-state index contributed by atoms with van der Waals surface area (Å²) in [4.78, 5) is 13.6.